The molecule has 3 aromatic carbocycles. The third-order valence-corrected chi connectivity index (χ3v) is 5.00. The molecule has 0 aliphatic carbocycles. The molecule has 0 aromatic heterocycles. The number of nitrogens with zero attached hydrogens (tertiary/aromatic N) is 1. The Morgan fingerprint density at radius 2 is 1.35 bits per heavy atom. The summed E-state index contributed by atoms with van der Waals surface area (Å²) in [6, 6.07) is 31.8. The van der Waals surface area contributed by atoms with Gasteiger partial charge in [-0.15, -0.1) is 6.58 Å². The van der Waals surface area contributed by atoms with E-state index in [0.29, 0.717) is 6.61 Å². The first-order valence-electron chi connectivity index (χ1n) is 9.05. The summed E-state index contributed by atoms with van der Waals surface area (Å²) in [4.78, 5) is 2.44. The highest BCUT2D eigenvalue weighted by molar-refractivity contribution is 5.29. The first kappa shape index (κ1) is 16.8. The van der Waals surface area contributed by atoms with E-state index < -0.39 is 0 Å². The molecule has 0 bridgehead atoms. The van der Waals surface area contributed by atoms with E-state index in [4.69, 9.17) is 4.74 Å². The molecule has 3 aromatic rings. The van der Waals surface area contributed by atoms with Crippen LogP contribution < -0.4 is 0 Å². The molecule has 0 N–H and O–H groups in total. The van der Waals surface area contributed by atoms with Crippen LogP contribution in [0, 0.1) is 0 Å². The van der Waals surface area contributed by atoms with Gasteiger partial charge in [0.2, 0.25) is 0 Å². The van der Waals surface area contributed by atoms with Gasteiger partial charge in [0, 0.05) is 0 Å². The average molecular weight is 341 g/mol. The van der Waals surface area contributed by atoms with Gasteiger partial charge in [-0.05, 0) is 16.7 Å². The molecule has 4 rings (SSSR count). The molecule has 1 aliphatic heterocycles. The summed E-state index contributed by atoms with van der Waals surface area (Å²) in [6.45, 7) is 4.81. The van der Waals surface area contributed by atoms with Crippen molar-refractivity contribution in [2.75, 3.05) is 6.61 Å². The van der Waals surface area contributed by atoms with Crippen LogP contribution in [0.25, 0.3) is 0 Å². The van der Waals surface area contributed by atoms with Gasteiger partial charge in [0.1, 0.15) is 6.23 Å². The molecule has 0 unspecified atom stereocenters. The molecule has 1 aliphatic rings. The number of hydrogen-bond donors (Lipinski definition) is 0. The Balaban J connectivity index is 1.78. The Bertz CT molecular complexity index is 784. The number of rotatable bonds is 5. The van der Waals surface area contributed by atoms with Crippen molar-refractivity contribution < 1.29 is 4.74 Å². The Morgan fingerprint density at radius 3 is 1.92 bits per heavy atom. The molecule has 1 fully saturated rings. The predicted molar refractivity (Wildman–Crippen MR) is 106 cm³/mol. The largest absolute Gasteiger partial charge is 0.357 e. The molecule has 1 heterocycles. The van der Waals surface area contributed by atoms with Crippen LogP contribution in [0.4, 0.5) is 0 Å². The van der Waals surface area contributed by atoms with E-state index in [1.807, 2.05) is 18.2 Å². The Hall–Kier alpha value is -2.68. The fourth-order valence-corrected chi connectivity index (χ4v) is 3.77. The highest BCUT2D eigenvalue weighted by Crippen LogP contribution is 2.44. The predicted octanol–water partition coefficient (Wildman–Crippen LogP) is 5.69. The molecular formula is C24H23NO. The van der Waals surface area contributed by atoms with Crippen molar-refractivity contribution in [2.45, 2.75) is 18.3 Å². The van der Waals surface area contributed by atoms with Crippen LogP contribution in [-0.4, -0.2) is 11.5 Å². The maximum Gasteiger partial charge on any atom is 0.138 e. The second kappa shape index (κ2) is 7.69. The number of benzene rings is 3. The topological polar surface area (TPSA) is 12.5 Å². The van der Waals surface area contributed by atoms with Gasteiger partial charge in [-0.25, -0.2) is 0 Å². The average Bonchev–Trinajstić information content (AvgIpc) is 3.16. The van der Waals surface area contributed by atoms with Crippen LogP contribution in [0.1, 0.15) is 35.0 Å². The van der Waals surface area contributed by atoms with Crippen molar-refractivity contribution in [3.05, 3.63) is 120 Å². The van der Waals surface area contributed by atoms with Gasteiger partial charge in [0.25, 0.3) is 0 Å². The van der Waals surface area contributed by atoms with Gasteiger partial charge in [-0.1, -0.05) is 97.1 Å². The molecule has 2 heteroatoms. The lowest BCUT2D eigenvalue weighted by Gasteiger charge is -2.34. The first-order valence-corrected chi connectivity index (χ1v) is 9.05. The lowest BCUT2D eigenvalue weighted by Crippen LogP contribution is -2.30. The zero-order valence-corrected chi connectivity index (χ0v) is 14.7. The van der Waals surface area contributed by atoms with E-state index in [0.717, 1.165) is 0 Å². The van der Waals surface area contributed by atoms with Crippen LogP contribution in [0.5, 0.6) is 0 Å². The van der Waals surface area contributed by atoms with Crippen LogP contribution in [0.15, 0.2) is 104 Å². The molecule has 3 atom stereocenters. The van der Waals surface area contributed by atoms with Crippen LogP contribution in [0.2, 0.25) is 0 Å². The molecule has 0 radical (unpaired) electrons. The Kier molecular flexibility index (Phi) is 4.96. The Labute approximate surface area is 155 Å². The molecule has 2 nitrogen and oxygen atoms in total. The fraction of sp³-hybridized carbons (Fsp3) is 0.167. The van der Waals surface area contributed by atoms with Gasteiger partial charge < -0.3 is 4.74 Å². The van der Waals surface area contributed by atoms with E-state index in [9.17, 15) is 0 Å². The smallest absolute Gasteiger partial charge is 0.138 e. The van der Waals surface area contributed by atoms with Gasteiger partial charge in [-0.2, -0.15) is 0 Å². The molecule has 26 heavy (non-hydrogen) atoms. The molecule has 0 spiro atoms. The summed E-state index contributed by atoms with van der Waals surface area (Å²) < 4.78 is 6.30. The summed E-state index contributed by atoms with van der Waals surface area (Å²) >= 11 is 0. The van der Waals surface area contributed by atoms with Crippen LogP contribution in [-0.2, 0) is 4.74 Å². The van der Waals surface area contributed by atoms with Gasteiger partial charge in [0.05, 0.1) is 18.7 Å². The minimum Gasteiger partial charge on any atom is -0.357 e. The normalized spacial score (nSPS) is 21.4. The van der Waals surface area contributed by atoms with E-state index in [1.165, 1.54) is 16.7 Å². The lowest BCUT2D eigenvalue weighted by molar-refractivity contribution is 0.0142. The third-order valence-electron chi connectivity index (χ3n) is 5.00. The fourth-order valence-electron chi connectivity index (χ4n) is 3.77. The summed E-state index contributed by atoms with van der Waals surface area (Å²) in [5.74, 6) is 0. The third kappa shape index (κ3) is 3.22. The highest BCUT2D eigenvalue weighted by atomic mass is 16.5. The maximum atomic E-state index is 6.30. The molecule has 1 saturated heterocycles. The second-order valence-corrected chi connectivity index (χ2v) is 6.56. The maximum absolute atomic E-state index is 6.30. The minimum absolute atomic E-state index is 0.0779. The van der Waals surface area contributed by atoms with Crippen molar-refractivity contribution in [1.82, 2.24) is 4.90 Å². The van der Waals surface area contributed by atoms with Gasteiger partial charge in [-0.3, -0.25) is 4.90 Å². The van der Waals surface area contributed by atoms with Gasteiger partial charge in [0.15, 0.2) is 0 Å². The Morgan fingerprint density at radius 1 is 0.808 bits per heavy atom. The monoisotopic (exact) mass is 341 g/mol. The van der Waals surface area contributed by atoms with Gasteiger partial charge >= 0.3 is 0 Å². The highest BCUT2D eigenvalue weighted by Gasteiger charge is 2.40. The van der Waals surface area contributed by atoms with Crippen molar-refractivity contribution in [3.63, 3.8) is 0 Å². The van der Waals surface area contributed by atoms with Crippen LogP contribution in [0.3, 0.4) is 0 Å². The summed E-state index contributed by atoms with van der Waals surface area (Å²) in [6.07, 6.45) is 1.93. The minimum atomic E-state index is -0.0930. The molecular weight excluding hydrogens is 318 g/mol. The number of ether oxygens (including phenoxy) is 1. The number of hydrogen-bond acceptors (Lipinski definition) is 2. The summed E-state index contributed by atoms with van der Waals surface area (Å²) in [7, 11) is 0. The van der Waals surface area contributed by atoms with Crippen molar-refractivity contribution in [1.29, 1.82) is 0 Å². The standard InChI is InChI=1S/C24H23NO/c1-2-22(19-12-6-3-7-13-19)25-23(20-14-8-4-9-15-20)18-26-24(25)21-16-10-5-11-17-21/h2-17,22-24H,1,18H2/t22-,23+,24-/m1/s1. The second-order valence-electron chi connectivity index (χ2n) is 6.56. The molecule has 0 saturated carbocycles. The van der Waals surface area contributed by atoms with E-state index in [-0.39, 0.29) is 18.3 Å². The molecule has 0 amide bonds. The molecule has 130 valence electrons. The van der Waals surface area contributed by atoms with Crippen molar-refractivity contribution in [3.8, 4) is 0 Å². The summed E-state index contributed by atoms with van der Waals surface area (Å²) in [5.41, 5.74) is 3.68. The first-order chi connectivity index (χ1) is 12.9. The summed E-state index contributed by atoms with van der Waals surface area (Å²) in [5, 5.41) is 0. The van der Waals surface area contributed by atoms with E-state index >= 15 is 0 Å². The van der Waals surface area contributed by atoms with E-state index in [2.05, 4.69) is 90.3 Å². The lowest BCUT2D eigenvalue weighted by atomic mass is 9.99. The SMILES string of the molecule is C=C[C@H](c1ccccc1)N1[C@@H](c2ccccc2)OC[C@H]1c1ccccc1. The quantitative estimate of drug-likeness (QED) is 0.553. The zero-order valence-electron chi connectivity index (χ0n) is 14.7. The van der Waals surface area contributed by atoms with E-state index in [1.54, 1.807) is 0 Å². The van der Waals surface area contributed by atoms with Crippen molar-refractivity contribution in [2.24, 2.45) is 0 Å². The van der Waals surface area contributed by atoms with Crippen molar-refractivity contribution >= 4 is 0 Å². The van der Waals surface area contributed by atoms with Crippen LogP contribution >= 0.6 is 0 Å². The zero-order chi connectivity index (χ0) is 17.8.